The van der Waals surface area contributed by atoms with Gasteiger partial charge in [-0.25, -0.2) is 0 Å². The largest absolute Gasteiger partial charge is 0.381 e. The molecular weight excluding hydrogens is 142 g/mol. The third kappa shape index (κ3) is 2.19. The summed E-state index contributed by atoms with van der Waals surface area (Å²) in [6.07, 6.45) is 1.06. The summed E-state index contributed by atoms with van der Waals surface area (Å²) in [5.41, 5.74) is 0. The number of ether oxygens (including phenoxy) is 1. The van der Waals surface area contributed by atoms with Gasteiger partial charge in [0.1, 0.15) is 0 Å². The number of amides is 1. The molecule has 0 aliphatic heterocycles. The first-order chi connectivity index (χ1) is 5.15. The van der Waals surface area contributed by atoms with Crippen LogP contribution in [0.3, 0.4) is 0 Å². The summed E-state index contributed by atoms with van der Waals surface area (Å²) in [7, 11) is 1.65. The van der Waals surface area contributed by atoms with Gasteiger partial charge in [-0.1, -0.05) is 0 Å². The molecule has 1 fully saturated rings. The molecule has 2 atom stereocenters. The van der Waals surface area contributed by atoms with Crippen molar-refractivity contribution in [3.63, 3.8) is 0 Å². The summed E-state index contributed by atoms with van der Waals surface area (Å²) in [6, 6.07) is 0.237. The van der Waals surface area contributed by atoms with Crippen molar-refractivity contribution < 1.29 is 9.53 Å². The zero-order valence-corrected chi connectivity index (χ0v) is 7.26. The topological polar surface area (TPSA) is 38.3 Å². The summed E-state index contributed by atoms with van der Waals surface area (Å²) >= 11 is 0. The average Bonchev–Trinajstić information content (AvgIpc) is 2.63. The number of hydrogen-bond acceptors (Lipinski definition) is 2. The molecule has 0 aromatic rings. The summed E-state index contributed by atoms with van der Waals surface area (Å²) < 4.78 is 5.02. The van der Waals surface area contributed by atoms with E-state index in [0.717, 1.165) is 6.42 Å². The Morgan fingerprint density at radius 2 is 2.27 bits per heavy atom. The molecule has 0 spiro atoms. The summed E-state index contributed by atoms with van der Waals surface area (Å²) in [5, 5.41) is 2.85. The minimum atomic E-state index is 0.113. The molecule has 0 radical (unpaired) electrons. The monoisotopic (exact) mass is 157 g/mol. The Morgan fingerprint density at radius 3 is 2.64 bits per heavy atom. The van der Waals surface area contributed by atoms with Gasteiger partial charge in [0.05, 0.1) is 12.0 Å². The number of methoxy groups -OCH3 is 1. The van der Waals surface area contributed by atoms with Gasteiger partial charge in [-0.3, -0.25) is 4.79 Å². The molecule has 0 aromatic heterocycles. The zero-order valence-electron chi connectivity index (χ0n) is 7.26. The molecular formula is C8H15NO2. The summed E-state index contributed by atoms with van der Waals surface area (Å²) in [4.78, 5) is 11.2. The summed E-state index contributed by atoms with van der Waals surface area (Å²) in [6.45, 7) is 3.92. The fourth-order valence-corrected chi connectivity index (χ4v) is 1.10. The molecule has 2 unspecified atom stereocenters. The Balaban J connectivity index is 2.23. The van der Waals surface area contributed by atoms with Gasteiger partial charge >= 0.3 is 0 Å². The maximum Gasteiger partial charge on any atom is 0.226 e. The van der Waals surface area contributed by atoms with E-state index in [1.807, 2.05) is 13.8 Å². The van der Waals surface area contributed by atoms with Gasteiger partial charge in [-0.15, -0.1) is 0 Å². The van der Waals surface area contributed by atoms with Crippen molar-refractivity contribution in [2.24, 2.45) is 5.92 Å². The van der Waals surface area contributed by atoms with E-state index in [1.54, 1.807) is 7.11 Å². The van der Waals surface area contributed by atoms with Gasteiger partial charge in [0, 0.05) is 13.2 Å². The highest BCUT2D eigenvalue weighted by Crippen LogP contribution is 2.33. The second-order valence-corrected chi connectivity index (χ2v) is 3.28. The Bertz CT molecular complexity index is 156. The highest BCUT2D eigenvalue weighted by Gasteiger charge is 2.43. The van der Waals surface area contributed by atoms with Crippen molar-refractivity contribution in [3.05, 3.63) is 0 Å². The van der Waals surface area contributed by atoms with Gasteiger partial charge in [0.25, 0.3) is 0 Å². The van der Waals surface area contributed by atoms with E-state index in [9.17, 15) is 4.79 Å². The SMILES string of the molecule is COC1CC1C(=O)NC(C)C. The minimum Gasteiger partial charge on any atom is -0.381 e. The number of carbonyl (C=O) groups is 1. The van der Waals surface area contributed by atoms with Crippen LogP contribution < -0.4 is 5.32 Å². The predicted molar refractivity (Wildman–Crippen MR) is 42.2 cm³/mol. The number of hydrogen-bond donors (Lipinski definition) is 1. The normalized spacial score (nSPS) is 28.7. The van der Waals surface area contributed by atoms with Crippen molar-refractivity contribution in [2.45, 2.75) is 32.4 Å². The van der Waals surface area contributed by atoms with Crippen LogP contribution in [-0.2, 0) is 9.53 Å². The highest BCUT2D eigenvalue weighted by atomic mass is 16.5. The van der Waals surface area contributed by atoms with E-state index in [2.05, 4.69) is 5.32 Å². The fraction of sp³-hybridized carbons (Fsp3) is 0.875. The van der Waals surface area contributed by atoms with Gasteiger partial charge < -0.3 is 10.1 Å². The molecule has 1 N–H and O–H groups in total. The van der Waals surface area contributed by atoms with E-state index < -0.39 is 0 Å². The van der Waals surface area contributed by atoms with Crippen LogP contribution in [0.4, 0.5) is 0 Å². The maximum absolute atomic E-state index is 11.2. The van der Waals surface area contributed by atoms with E-state index >= 15 is 0 Å². The Labute approximate surface area is 67.1 Å². The quantitative estimate of drug-likeness (QED) is 0.649. The third-order valence-corrected chi connectivity index (χ3v) is 1.80. The molecule has 1 amide bonds. The van der Waals surface area contributed by atoms with Crippen molar-refractivity contribution in [1.82, 2.24) is 5.32 Å². The van der Waals surface area contributed by atoms with Crippen LogP contribution in [-0.4, -0.2) is 25.2 Å². The van der Waals surface area contributed by atoms with Gasteiger partial charge in [-0.05, 0) is 20.3 Å². The lowest BCUT2D eigenvalue weighted by Gasteiger charge is -2.06. The first kappa shape index (κ1) is 8.53. The smallest absolute Gasteiger partial charge is 0.226 e. The van der Waals surface area contributed by atoms with Gasteiger partial charge in [-0.2, -0.15) is 0 Å². The average molecular weight is 157 g/mol. The summed E-state index contributed by atoms with van der Waals surface area (Å²) in [5.74, 6) is 0.245. The van der Waals surface area contributed by atoms with Crippen LogP contribution in [0.2, 0.25) is 0 Å². The molecule has 1 aliphatic rings. The van der Waals surface area contributed by atoms with Crippen LogP contribution in [0.5, 0.6) is 0 Å². The van der Waals surface area contributed by atoms with Crippen LogP contribution in [0.15, 0.2) is 0 Å². The molecule has 3 nitrogen and oxygen atoms in total. The number of rotatable bonds is 3. The second-order valence-electron chi connectivity index (χ2n) is 3.28. The van der Waals surface area contributed by atoms with Crippen LogP contribution in [0, 0.1) is 5.92 Å². The lowest BCUT2D eigenvalue weighted by atomic mass is 10.3. The Morgan fingerprint density at radius 1 is 1.64 bits per heavy atom. The van der Waals surface area contributed by atoms with Crippen LogP contribution >= 0.6 is 0 Å². The van der Waals surface area contributed by atoms with E-state index in [1.165, 1.54) is 0 Å². The number of nitrogens with one attached hydrogen (secondary N) is 1. The standard InChI is InChI=1S/C8H15NO2/c1-5(2)9-8(10)6-4-7(6)11-3/h5-7H,4H2,1-3H3,(H,9,10). The lowest BCUT2D eigenvalue weighted by Crippen LogP contribution is -2.32. The second kappa shape index (κ2) is 3.22. The lowest BCUT2D eigenvalue weighted by molar-refractivity contribution is -0.123. The van der Waals surface area contributed by atoms with Gasteiger partial charge in [0.15, 0.2) is 0 Å². The number of carbonyl (C=O) groups excluding carboxylic acids is 1. The molecule has 1 aliphatic carbocycles. The highest BCUT2D eigenvalue weighted by molar-refractivity contribution is 5.82. The molecule has 0 heterocycles. The van der Waals surface area contributed by atoms with Crippen LogP contribution in [0.1, 0.15) is 20.3 Å². The van der Waals surface area contributed by atoms with Crippen molar-refractivity contribution in [3.8, 4) is 0 Å². The van der Waals surface area contributed by atoms with Crippen molar-refractivity contribution in [1.29, 1.82) is 0 Å². The van der Waals surface area contributed by atoms with E-state index in [0.29, 0.717) is 0 Å². The Hall–Kier alpha value is -0.570. The fourth-order valence-electron chi connectivity index (χ4n) is 1.10. The zero-order chi connectivity index (χ0) is 8.43. The molecule has 1 rings (SSSR count). The molecule has 0 aromatic carbocycles. The first-order valence-electron chi connectivity index (χ1n) is 3.98. The van der Waals surface area contributed by atoms with E-state index in [-0.39, 0.29) is 24.0 Å². The maximum atomic E-state index is 11.2. The first-order valence-corrected chi connectivity index (χ1v) is 3.98. The molecule has 3 heteroatoms. The third-order valence-electron chi connectivity index (χ3n) is 1.80. The molecule has 11 heavy (non-hydrogen) atoms. The molecule has 0 saturated heterocycles. The predicted octanol–water partition coefficient (Wildman–Crippen LogP) is 0.546. The van der Waals surface area contributed by atoms with Gasteiger partial charge in [0.2, 0.25) is 5.91 Å². The van der Waals surface area contributed by atoms with Crippen molar-refractivity contribution in [2.75, 3.05) is 7.11 Å². The minimum absolute atomic E-state index is 0.113. The van der Waals surface area contributed by atoms with Crippen LogP contribution in [0.25, 0.3) is 0 Å². The molecule has 1 saturated carbocycles. The molecule has 0 bridgehead atoms. The Kier molecular flexibility index (Phi) is 2.49. The molecule has 64 valence electrons. The van der Waals surface area contributed by atoms with E-state index in [4.69, 9.17) is 4.74 Å². The van der Waals surface area contributed by atoms with Crippen molar-refractivity contribution >= 4 is 5.91 Å².